The lowest BCUT2D eigenvalue weighted by atomic mass is 10.0. The fourth-order valence-corrected chi connectivity index (χ4v) is 5.16. The number of esters is 2. The molecule has 0 atom stereocenters. The number of furan rings is 1. The predicted octanol–water partition coefficient (Wildman–Crippen LogP) is 7.62. The monoisotopic (exact) mass is 690 g/mol. The largest absolute Gasteiger partial charge is 0.492 e. The summed E-state index contributed by atoms with van der Waals surface area (Å²) in [4.78, 5) is 56.3. The summed E-state index contributed by atoms with van der Waals surface area (Å²) in [7, 11) is 0. The topological polar surface area (TPSA) is 158 Å². The summed E-state index contributed by atoms with van der Waals surface area (Å²) in [5.41, 5.74) is -1.06. The van der Waals surface area contributed by atoms with E-state index in [-0.39, 0.29) is 37.1 Å². The van der Waals surface area contributed by atoms with Crippen molar-refractivity contribution in [3.63, 3.8) is 0 Å². The molecule has 0 aliphatic rings. The minimum absolute atomic E-state index is 0.0108. The Morgan fingerprint density at radius 1 is 0.653 bits per heavy atom. The Labute approximate surface area is 291 Å². The van der Waals surface area contributed by atoms with Crippen molar-refractivity contribution in [2.24, 2.45) is 0 Å². The molecular formula is C37H58N2O10. The van der Waals surface area contributed by atoms with Gasteiger partial charge in [-0.1, -0.05) is 64.2 Å². The van der Waals surface area contributed by atoms with E-state index in [0.29, 0.717) is 23.3 Å². The SMILES string of the molecule is CC(C)(C)OC(=O)CCCCCCCCCCCCCCC(=O)N(CCC(=O)OC(C)(C)C)Cc1ccc(C(=O)On2c(O)ccc2O)o1. The van der Waals surface area contributed by atoms with E-state index in [9.17, 15) is 29.4 Å². The van der Waals surface area contributed by atoms with Crippen molar-refractivity contribution in [1.29, 1.82) is 0 Å². The Bertz CT molecular complexity index is 1300. The average Bonchev–Trinajstić information content (AvgIpc) is 3.59. The molecule has 0 bridgehead atoms. The van der Waals surface area contributed by atoms with Gasteiger partial charge in [0, 0.05) is 31.5 Å². The van der Waals surface area contributed by atoms with Crippen LogP contribution in [-0.4, -0.2) is 61.4 Å². The number of aromatic hydroxyl groups is 2. The number of unbranched alkanes of at least 4 members (excludes halogenated alkanes) is 11. The lowest BCUT2D eigenvalue weighted by Crippen LogP contribution is -2.33. The van der Waals surface area contributed by atoms with Gasteiger partial charge in [-0.15, -0.1) is 4.73 Å². The van der Waals surface area contributed by atoms with Crippen LogP contribution in [0.4, 0.5) is 0 Å². The maximum atomic E-state index is 13.2. The third-order valence-corrected chi connectivity index (χ3v) is 7.48. The number of rotatable bonds is 22. The molecule has 2 N–H and O–H groups in total. The van der Waals surface area contributed by atoms with Gasteiger partial charge in [-0.25, -0.2) is 4.79 Å². The van der Waals surface area contributed by atoms with Crippen LogP contribution in [0, 0.1) is 0 Å². The van der Waals surface area contributed by atoms with Gasteiger partial charge in [0.15, 0.2) is 0 Å². The molecule has 276 valence electrons. The summed E-state index contributed by atoms with van der Waals surface area (Å²) >= 11 is 0. The second kappa shape index (κ2) is 20.5. The van der Waals surface area contributed by atoms with Gasteiger partial charge in [-0.3, -0.25) is 14.4 Å². The van der Waals surface area contributed by atoms with E-state index in [1.165, 1.54) is 49.1 Å². The molecule has 0 saturated heterocycles. The quantitative estimate of drug-likeness (QED) is 0.0930. The first-order valence-electron chi connectivity index (χ1n) is 17.7. The van der Waals surface area contributed by atoms with Crippen LogP contribution in [-0.2, 0) is 30.4 Å². The number of hydrogen-bond donors (Lipinski definition) is 2. The van der Waals surface area contributed by atoms with Crippen LogP contribution in [0.5, 0.6) is 11.8 Å². The Hall–Kier alpha value is -3.96. The summed E-state index contributed by atoms with van der Waals surface area (Å²) in [6.45, 7) is 11.2. The summed E-state index contributed by atoms with van der Waals surface area (Å²) < 4.78 is 16.9. The molecule has 12 heteroatoms. The minimum atomic E-state index is -0.952. The van der Waals surface area contributed by atoms with Crippen molar-refractivity contribution in [2.75, 3.05) is 6.54 Å². The van der Waals surface area contributed by atoms with E-state index < -0.39 is 34.9 Å². The zero-order valence-corrected chi connectivity index (χ0v) is 30.4. The van der Waals surface area contributed by atoms with E-state index in [4.69, 9.17) is 18.7 Å². The molecule has 2 aromatic heterocycles. The predicted molar refractivity (Wildman–Crippen MR) is 184 cm³/mol. The highest BCUT2D eigenvalue weighted by Crippen LogP contribution is 2.21. The Morgan fingerprint density at radius 2 is 1.10 bits per heavy atom. The molecule has 0 aromatic carbocycles. The number of carbonyl (C=O) groups excluding carboxylic acids is 4. The van der Waals surface area contributed by atoms with Crippen molar-refractivity contribution >= 4 is 23.8 Å². The van der Waals surface area contributed by atoms with Crippen molar-refractivity contribution in [3.05, 3.63) is 35.8 Å². The molecule has 1 amide bonds. The van der Waals surface area contributed by atoms with Gasteiger partial charge in [-0.2, -0.15) is 0 Å². The van der Waals surface area contributed by atoms with Crippen molar-refractivity contribution in [1.82, 2.24) is 9.63 Å². The fraction of sp³-hybridized carbons (Fsp3) is 0.676. The number of nitrogens with zero attached hydrogens (tertiary/aromatic N) is 2. The van der Waals surface area contributed by atoms with E-state index in [0.717, 1.165) is 57.1 Å². The Kier molecular flexibility index (Phi) is 17.3. The van der Waals surface area contributed by atoms with E-state index in [2.05, 4.69) is 0 Å². The second-order valence-electron chi connectivity index (χ2n) is 14.5. The summed E-state index contributed by atoms with van der Waals surface area (Å²) in [5.74, 6) is -2.41. The third kappa shape index (κ3) is 17.8. The molecule has 0 saturated carbocycles. The number of hydrogen-bond acceptors (Lipinski definition) is 10. The van der Waals surface area contributed by atoms with Gasteiger partial charge in [0.05, 0.1) is 13.0 Å². The highest BCUT2D eigenvalue weighted by Gasteiger charge is 2.23. The number of aromatic nitrogens is 1. The van der Waals surface area contributed by atoms with Crippen LogP contribution < -0.4 is 4.84 Å². The van der Waals surface area contributed by atoms with Crippen LogP contribution in [0.2, 0.25) is 0 Å². The first-order valence-corrected chi connectivity index (χ1v) is 17.7. The molecule has 0 spiro atoms. The maximum Gasteiger partial charge on any atom is 0.399 e. The van der Waals surface area contributed by atoms with Crippen LogP contribution in [0.15, 0.2) is 28.7 Å². The molecule has 0 radical (unpaired) electrons. The van der Waals surface area contributed by atoms with Gasteiger partial charge in [-0.05, 0) is 66.5 Å². The molecule has 0 unspecified atom stereocenters. The van der Waals surface area contributed by atoms with Crippen LogP contribution in [0.25, 0.3) is 0 Å². The molecule has 0 fully saturated rings. The average molecular weight is 691 g/mol. The van der Waals surface area contributed by atoms with Gasteiger partial charge < -0.3 is 33.8 Å². The van der Waals surface area contributed by atoms with Crippen molar-refractivity contribution in [2.45, 2.75) is 156 Å². The molecular weight excluding hydrogens is 632 g/mol. The lowest BCUT2D eigenvalue weighted by molar-refractivity contribution is -0.156. The molecule has 0 aliphatic heterocycles. The van der Waals surface area contributed by atoms with E-state index in [1.54, 1.807) is 20.8 Å². The summed E-state index contributed by atoms with van der Waals surface area (Å²) in [6.07, 6.45) is 13.7. The zero-order chi connectivity index (χ0) is 36.5. The molecule has 0 aliphatic carbocycles. The highest BCUT2D eigenvalue weighted by molar-refractivity contribution is 5.86. The first-order chi connectivity index (χ1) is 23.0. The van der Waals surface area contributed by atoms with Crippen LogP contribution >= 0.6 is 0 Å². The molecule has 2 heterocycles. The number of amides is 1. The fourth-order valence-electron chi connectivity index (χ4n) is 5.16. The lowest BCUT2D eigenvalue weighted by Gasteiger charge is -2.23. The highest BCUT2D eigenvalue weighted by atomic mass is 16.7. The molecule has 49 heavy (non-hydrogen) atoms. The smallest absolute Gasteiger partial charge is 0.399 e. The Balaban J connectivity index is 1.70. The normalized spacial score (nSPS) is 11.7. The van der Waals surface area contributed by atoms with E-state index >= 15 is 0 Å². The molecule has 2 rings (SSSR count). The van der Waals surface area contributed by atoms with Gasteiger partial charge in [0.25, 0.3) is 0 Å². The molecule has 12 nitrogen and oxygen atoms in total. The number of carbonyl (C=O) groups is 4. The summed E-state index contributed by atoms with van der Waals surface area (Å²) in [6, 6.07) is 5.23. The Morgan fingerprint density at radius 3 is 1.59 bits per heavy atom. The first kappa shape index (κ1) is 41.2. The van der Waals surface area contributed by atoms with Crippen molar-refractivity contribution in [3.8, 4) is 11.8 Å². The summed E-state index contributed by atoms with van der Waals surface area (Å²) in [5, 5.41) is 19.4. The van der Waals surface area contributed by atoms with Gasteiger partial charge in [0.1, 0.15) is 17.0 Å². The van der Waals surface area contributed by atoms with Gasteiger partial charge in [0.2, 0.25) is 23.4 Å². The maximum absolute atomic E-state index is 13.2. The van der Waals surface area contributed by atoms with Gasteiger partial charge >= 0.3 is 17.9 Å². The number of ether oxygens (including phenoxy) is 2. The minimum Gasteiger partial charge on any atom is -0.492 e. The molecule has 2 aromatic rings. The van der Waals surface area contributed by atoms with Crippen molar-refractivity contribution < 1.29 is 48.1 Å². The van der Waals surface area contributed by atoms with E-state index in [1.807, 2.05) is 20.8 Å². The second-order valence-corrected chi connectivity index (χ2v) is 14.5. The zero-order valence-electron chi connectivity index (χ0n) is 30.4. The standard InChI is InChI=1S/C37H58N2O10/c1-36(2,3)47-33(43)20-18-16-14-12-10-8-7-9-11-13-15-17-19-30(40)38(26-25-34(44)48-37(4,5)6)27-28-21-22-29(46-28)35(45)49-39-31(41)23-24-32(39)42/h21-24,41-42H,7-20,25-27H2,1-6H3. The third-order valence-electron chi connectivity index (χ3n) is 7.48. The van der Waals surface area contributed by atoms with Crippen LogP contribution in [0.3, 0.4) is 0 Å². The van der Waals surface area contributed by atoms with Crippen LogP contribution in [0.1, 0.15) is 154 Å².